The molecule has 0 aromatic carbocycles. The summed E-state index contributed by atoms with van der Waals surface area (Å²) in [4.78, 5) is 24.5. The quantitative estimate of drug-likeness (QED) is 0.0321. The molecule has 0 saturated carbocycles. The van der Waals surface area contributed by atoms with E-state index in [-0.39, 0.29) is 18.5 Å². The molecule has 2 unspecified atom stereocenters. The van der Waals surface area contributed by atoms with Gasteiger partial charge in [0.05, 0.1) is 25.4 Å². The van der Waals surface area contributed by atoms with E-state index in [2.05, 4.69) is 43.5 Å². The van der Waals surface area contributed by atoms with Gasteiger partial charge in [0.2, 0.25) is 5.91 Å². The zero-order valence-electron chi connectivity index (χ0n) is 46.3. The zero-order chi connectivity index (χ0) is 50.0. The van der Waals surface area contributed by atoms with E-state index in [1.165, 1.54) is 218 Å². The Morgan fingerprint density at radius 2 is 0.725 bits per heavy atom. The molecule has 0 aromatic heterocycles. The highest BCUT2D eigenvalue weighted by Gasteiger charge is 2.18. The molecule has 0 aliphatic rings. The number of aliphatic hydroxyl groups excluding tert-OH is 2. The van der Waals surface area contributed by atoms with E-state index in [0.29, 0.717) is 19.4 Å². The van der Waals surface area contributed by atoms with Crippen molar-refractivity contribution in [3.05, 3.63) is 36.5 Å². The Labute approximate surface area is 430 Å². The van der Waals surface area contributed by atoms with Gasteiger partial charge in [-0.25, -0.2) is 0 Å². The van der Waals surface area contributed by atoms with Crippen molar-refractivity contribution in [3.8, 4) is 0 Å². The van der Waals surface area contributed by atoms with E-state index >= 15 is 0 Å². The molecule has 2 atom stereocenters. The Kier molecular flexibility index (Phi) is 57.0. The number of amides is 1. The number of hydrogen-bond acceptors (Lipinski definition) is 5. The largest absolute Gasteiger partial charge is 0.466 e. The molecule has 0 rings (SSSR count). The van der Waals surface area contributed by atoms with Crippen LogP contribution in [0.1, 0.15) is 328 Å². The number of carbonyl (C=O) groups excluding carboxylic acids is 2. The smallest absolute Gasteiger partial charge is 0.305 e. The van der Waals surface area contributed by atoms with E-state index in [4.69, 9.17) is 4.74 Å². The summed E-state index contributed by atoms with van der Waals surface area (Å²) in [6, 6.07) is -0.640. The van der Waals surface area contributed by atoms with Gasteiger partial charge in [0.15, 0.2) is 0 Å². The minimum Gasteiger partial charge on any atom is -0.466 e. The average Bonchev–Trinajstić information content (AvgIpc) is 3.35. The highest BCUT2D eigenvalue weighted by Crippen LogP contribution is 2.17. The van der Waals surface area contributed by atoms with Gasteiger partial charge in [0.1, 0.15) is 0 Å². The van der Waals surface area contributed by atoms with E-state index in [9.17, 15) is 19.8 Å². The van der Waals surface area contributed by atoms with Gasteiger partial charge in [-0.3, -0.25) is 9.59 Å². The molecule has 6 heteroatoms. The van der Waals surface area contributed by atoms with Gasteiger partial charge in [-0.1, -0.05) is 281 Å². The van der Waals surface area contributed by atoms with Crippen LogP contribution in [0.2, 0.25) is 0 Å². The minimum atomic E-state index is -0.855. The molecule has 406 valence electrons. The number of unbranched alkanes of at least 4 members (excludes halogenated alkanes) is 42. The summed E-state index contributed by atoms with van der Waals surface area (Å²) in [5, 5.41) is 23.1. The third-order valence-corrected chi connectivity index (χ3v) is 14.2. The molecule has 3 N–H and O–H groups in total. The predicted molar refractivity (Wildman–Crippen MR) is 301 cm³/mol. The van der Waals surface area contributed by atoms with Crippen LogP contribution >= 0.6 is 0 Å². The van der Waals surface area contributed by atoms with Crippen molar-refractivity contribution in [2.75, 3.05) is 13.2 Å². The van der Waals surface area contributed by atoms with Crippen LogP contribution in [0.15, 0.2) is 36.5 Å². The maximum absolute atomic E-state index is 12.5. The first-order chi connectivity index (χ1) is 34.0. The van der Waals surface area contributed by atoms with Gasteiger partial charge in [-0.2, -0.15) is 0 Å². The minimum absolute atomic E-state index is 0.0119. The number of rotatable bonds is 57. The molecule has 1 amide bonds. The standard InChI is InChI=1S/C63H119NO5/c1-3-5-7-9-11-13-15-17-19-21-25-29-33-37-41-45-49-53-57-63(68)69-58-54-50-46-42-38-34-30-26-22-24-28-32-36-40-44-48-52-56-62(67)64-60(59-65)61(66)55-51-47-43-39-35-31-27-23-20-18-16-14-12-10-8-6-4-2/h22,26,34,38,51,55,60-61,65-66H,3-21,23-25,27-33,35-37,39-50,52-54,56-59H2,1-2H3,(H,64,67)/b26-22-,38-34-,55-51+. The van der Waals surface area contributed by atoms with Crippen molar-refractivity contribution in [2.45, 2.75) is 341 Å². The van der Waals surface area contributed by atoms with Crippen molar-refractivity contribution in [1.29, 1.82) is 0 Å². The third-order valence-electron chi connectivity index (χ3n) is 14.2. The van der Waals surface area contributed by atoms with Crippen molar-refractivity contribution in [1.82, 2.24) is 5.32 Å². The lowest BCUT2D eigenvalue weighted by molar-refractivity contribution is -0.143. The van der Waals surface area contributed by atoms with Crippen LogP contribution in [-0.2, 0) is 14.3 Å². The number of carbonyl (C=O) groups is 2. The Morgan fingerprint density at radius 1 is 0.406 bits per heavy atom. The van der Waals surface area contributed by atoms with Crippen LogP contribution in [0.25, 0.3) is 0 Å². The van der Waals surface area contributed by atoms with Crippen LogP contribution in [0.3, 0.4) is 0 Å². The molecule has 0 heterocycles. The van der Waals surface area contributed by atoms with Gasteiger partial charge < -0.3 is 20.3 Å². The SMILES string of the molecule is CCCCCCCCCCCCCCCCC/C=C/C(O)C(CO)NC(=O)CCCCCCCCC/C=C\C/C=C\CCCCCOC(=O)CCCCCCCCCCCCCCCCCCCC. The summed E-state index contributed by atoms with van der Waals surface area (Å²) in [7, 11) is 0. The number of esters is 1. The molecule has 0 aliphatic heterocycles. The fourth-order valence-electron chi connectivity index (χ4n) is 9.43. The second-order valence-electron chi connectivity index (χ2n) is 21.0. The summed E-state index contributed by atoms with van der Waals surface area (Å²) in [5.41, 5.74) is 0. The molecule has 0 aliphatic carbocycles. The number of aliphatic hydroxyl groups is 2. The van der Waals surface area contributed by atoms with Crippen LogP contribution < -0.4 is 5.32 Å². The molecule has 0 fully saturated rings. The van der Waals surface area contributed by atoms with Crippen molar-refractivity contribution < 1.29 is 24.5 Å². The normalized spacial score (nSPS) is 12.8. The molecule has 0 radical (unpaired) electrons. The Balaban J connectivity index is 3.50. The first-order valence-electron chi connectivity index (χ1n) is 30.8. The summed E-state index contributed by atoms with van der Waals surface area (Å²) in [6.07, 6.45) is 73.2. The van der Waals surface area contributed by atoms with Gasteiger partial charge in [-0.05, 0) is 70.6 Å². The van der Waals surface area contributed by atoms with Gasteiger partial charge in [0.25, 0.3) is 0 Å². The van der Waals surface area contributed by atoms with E-state index in [0.717, 1.165) is 83.5 Å². The Bertz CT molecular complexity index is 1120. The zero-order valence-corrected chi connectivity index (χ0v) is 46.3. The first kappa shape index (κ1) is 67.1. The van der Waals surface area contributed by atoms with Gasteiger partial charge >= 0.3 is 5.97 Å². The second kappa shape index (κ2) is 58.6. The Hall–Kier alpha value is -1.92. The lowest BCUT2D eigenvalue weighted by atomic mass is 10.0. The van der Waals surface area contributed by atoms with E-state index in [1.807, 2.05) is 6.08 Å². The molecule has 6 nitrogen and oxygen atoms in total. The van der Waals surface area contributed by atoms with Crippen molar-refractivity contribution >= 4 is 11.9 Å². The highest BCUT2D eigenvalue weighted by molar-refractivity contribution is 5.76. The summed E-state index contributed by atoms with van der Waals surface area (Å²) < 4.78 is 5.47. The molecule has 0 spiro atoms. The topological polar surface area (TPSA) is 95.9 Å². The monoisotopic (exact) mass is 970 g/mol. The molecule has 0 bridgehead atoms. The summed E-state index contributed by atoms with van der Waals surface area (Å²) in [5.74, 6) is -0.0944. The van der Waals surface area contributed by atoms with Gasteiger partial charge in [0, 0.05) is 12.8 Å². The van der Waals surface area contributed by atoms with E-state index in [1.54, 1.807) is 6.08 Å². The fraction of sp³-hybridized carbons (Fsp3) is 0.873. The lowest BCUT2D eigenvalue weighted by Crippen LogP contribution is -2.45. The molecular formula is C63H119NO5. The third kappa shape index (κ3) is 55.2. The van der Waals surface area contributed by atoms with Crippen molar-refractivity contribution in [2.24, 2.45) is 0 Å². The number of nitrogens with one attached hydrogen (secondary N) is 1. The first-order valence-corrected chi connectivity index (χ1v) is 30.8. The maximum Gasteiger partial charge on any atom is 0.305 e. The molecule has 0 saturated heterocycles. The van der Waals surface area contributed by atoms with Crippen LogP contribution in [0.4, 0.5) is 0 Å². The fourth-order valence-corrected chi connectivity index (χ4v) is 9.43. The van der Waals surface area contributed by atoms with Crippen molar-refractivity contribution in [3.63, 3.8) is 0 Å². The Morgan fingerprint density at radius 3 is 1.10 bits per heavy atom. The summed E-state index contributed by atoms with van der Waals surface area (Å²) >= 11 is 0. The number of hydrogen-bond donors (Lipinski definition) is 3. The van der Waals surface area contributed by atoms with Gasteiger partial charge in [-0.15, -0.1) is 0 Å². The van der Waals surface area contributed by atoms with E-state index < -0.39 is 12.1 Å². The number of allylic oxidation sites excluding steroid dienone is 5. The van der Waals surface area contributed by atoms with Crippen LogP contribution in [-0.4, -0.2) is 47.4 Å². The molecule has 69 heavy (non-hydrogen) atoms. The highest BCUT2D eigenvalue weighted by atomic mass is 16.5. The summed E-state index contributed by atoms with van der Waals surface area (Å²) in [6.45, 7) is 4.88. The van der Waals surface area contributed by atoms with Crippen LogP contribution in [0, 0.1) is 0 Å². The lowest BCUT2D eigenvalue weighted by Gasteiger charge is -2.20. The predicted octanol–water partition coefficient (Wildman–Crippen LogP) is 19.2. The second-order valence-corrected chi connectivity index (χ2v) is 21.0. The number of ether oxygens (including phenoxy) is 1. The molecular weight excluding hydrogens is 851 g/mol. The molecule has 0 aromatic rings. The maximum atomic E-state index is 12.5. The average molecular weight is 971 g/mol. The van der Waals surface area contributed by atoms with Crippen LogP contribution in [0.5, 0.6) is 0 Å².